The predicted octanol–water partition coefficient (Wildman–Crippen LogP) is 3.29. The van der Waals surface area contributed by atoms with E-state index in [0.29, 0.717) is 6.42 Å². The molecule has 0 bridgehead atoms. The molecule has 1 rings (SSSR count). The molecule has 0 heterocycles. The van der Waals surface area contributed by atoms with E-state index in [1.54, 1.807) is 0 Å². The topological polar surface area (TPSA) is 37.3 Å². The Bertz CT molecular complexity index is 254. The minimum Gasteiger partial charge on any atom is -0.481 e. The maximum absolute atomic E-state index is 10.7. The van der Waals surface area contributed by atoms with Crippen LogP contribution in [0.5, 0.6) is 0 Å². The van der Waals surface area contributed by atoms with Crippen molar-refractivity contribution >= 4 is 5.97 Å². The number of carboxylic acid groups (broad SMARTS) is 1. The second-order valence-electron chi connectivity index (χ2n) is 2.71. The first kappa shape index (κ1) is 12.7. The molecule has 0 spiro atoms. The second-order valence-corrected chi connectivity index (χ2v) is 2.71. The number of hydrogen-bond donors (Lipinski definition) is 1. The first-order valence-electron chi connectivity index (χ1n) is 5.03. The molecule has 1 N–H and O–H groups in total. The number of carboxylic acids is 1. The SMILES string of the molecule is CC.CCC(C(=O)O)c1ccccc1. The van der Waals surface area contributed by atoms with Crippen molar-refractivity contribution in [1.82, 2.24) is 0 Å². The largest absolute Gasteiger partial charge is 0.481 e. The fraction of sp³-hybridized carbons (Fsp3) is 0.417. The van der Waals surface area contributed by atoms with E-state index in [2.05, 4.69) is 0 Å². The number of hydrogen-bond acceptors (Lipinski definition) is 1. The van der Waals surface area contributed by atoms with Crippen molar-refractivity contribution in [2.75, 3.05) is 0 Å². The van der Waals surface area contributed by atoms with Crippen LogP contribution in [-0.2, 0) is 4.79 Å². The monoisotopic (exact) mass is 194 g/mol. The molecular weight excluding hydrogens is 176 g/mol. The normalized spacial score (nSPS) is 11.1. The van der Waals surface area contributed by atoms with E-state index in [1.165, 1.54) is 0 Å². The summed E-state index contributed by atoms with van der Waals surface area (Å²) >= 11 is 0. The zero-order valence-corrected chi connectivity index (χ0v) is 9.03. The lowest BCUT2D eigenvalue weighted by Gasteiger charge is -2.08. The van der Waals surface area contributed by atoms with Gasteiger partial charge in [-0.05, 0) is 12.0 Å². The van der Waals surface area contributed by atoms with Gasteiger partial charge in [-0.25, -0.2) is 0 Å². The molecule has 0 aliphatic heterocycles. The van der Waals surface area contributed by atoms with Crippen LogP contribution >= 0.6 is 0 Å². The minimum absolute atomic E-state index is 0.355. The number of rotatable bonds is 3. The van der Waals surface area contributed by atoms with Gasteiger partial charge in [0.1, 0.15) is 0 Å². The molecule has 0 radical (unpaired) electrons. The highest BCUT2D eigenvalue weighted by atomic mass is 16.4. The van der Waals surface area contributed by atoms with Crippen LogP contribution in [0.25, 0.3) is 0 Å². The van der Waals surface area contributed by atoms with E-state index in [0.717, 1.165) is 5.56 Å². The summed E-state index contributed by atoms with van der Waals surface area (Å²) in [5.41, 5.74) is 0.882. The van der Waals surface area contributed by atoms with Gasteiger partial charge in [-0.1, -0.05) is 51.1 Å². The van der Waals surface area contributed by atoms with Crippen molar-refractivity contribution in [2.24, 2.45) is 0 Å². The highest BCUT2D eigenvalue weighted by Crippen LogP contribution is 2.18. The maximum Gasteiger partial charge on any atom is 0.310 e. The van der Waals surface area contributed by atoms with Crippen LogP contribution in [0.4, 0.5) is 0 Å². The van der Waals surface area contributed by atoms with E-state index in [4.69, 9.17) is 5.11 Å². The molecule has 1 aromatic carbocycles. The molecule has 0 aliphatic rings. The third-order valence-electron chi connectivity index (χ3n) is 1.91. The molecule has 78 valence electrons. The number of carbonyl (C=O) groups is 1. The van der Waals surface area contributed by atoms with E-state index in [-0.39, 0.29) is 5.92 Å². The van der Waals surface area contributed by atoms with E-state index in [1.807, 2.05) is 51.1 Å². The summed E-state index contributed by atoms with van der Waals surface area (Å²) in [5.74, 6) is -1.10. The molecule has 0 saturated carbocycles. The molecule has 0 aromatic heterocycles. The van der Waals surface area contributed by atoms with E-state index >= 15 is 0 Å². The first-order chi connectivity index (χ1) is 6.75. The Labute approximate surface area is 85.6 Å². The quantitative estimate of drug-likeness (QED) is 0.801. The Kier molecular flexibility index (Phi) is 6.46. The molecule has 14 heavy (non-hydrogen) atoms. The minimum atomic E-state index is -0.747. The van der Waals surface area contributed by atoms with Crippen LogP contribution in [0.1, 0.15) is 38.7 Å². The molecule has 2 heteroatoms. The van der Waals surface area contributed by atoms with Crippen molar-refractivity contribution in [3.63, 3.8) is 0 Å². The molecule has 1 aromatic rings. The van der Waals surface area contributed by atoms with Crippen LogP contribution in [0.15, 0.2) is 30.3 Å². The Balaban J connectivity index is 0.000000791. The van der Waals surface area contributed by atoms with Crippen molar-refractivity contribution in [3.8, 4) is 0 Å². The zero-order valence-electron chi connectivity index (χ0n) is 9.03. The van der Waals surface area contributed by atoms with Crippen molar-refractivity contribution in [3.05, 3.63) is 35.9 Å². The molecule has 0 aliphatic carbocycles. The Morgan fingerprint density at radius 3 is 2.14 bits per heavy atom. The second kappa shape index (κ2) is 7.13. The summed E-state index contributed by atoms with van der Waals surface area (Å²) in [6.07, 6.45) is 0.638. The summed E-state index contributed by atoms with van der Waals surface area (Å²) in [7, 11) is 0. The standard InChI is InChI=1S/C10H12O2.C2H6/c1-2-9(10(11)12)8-6-4-3-5-7-8;1-2/h3-7,9H,2H2,1H3,(H,11,12);1-2H3. The van der Waals surface area contributed by atoms with E-state index in [9.17, 15) is 4.79 Å². The van der Waals surface area contributed by atoms with E-state index < -0.39 is 5.97 Å². The van der Waals surface area contributed by atoms with Gasteiger partial charge in [0.2, 0.25) is 0 Å². The van der Waals surface area contributed by atoms with Crippen LogP contribution in [0.2, 0.25) is 0 Å². The molecule has 0 fully saturated rings. The summed E-state index contributed by atoms with van der Waals surface area (Å²) < 4.78 is 0. The fourth-order valence-corrected chi connectivity index (χ4v) is 1.24. The van der Waals surface area contributed by atoms with Gasteiger partial charge in [0.25, 0.3) is 0 Å². The summed E-state index contributed by atoms with van der Waals surface area (Å²) in [5, 5.41) is 8.83. The average molecular weight is 194 g/mol. The van der Waals surface area contributed by atoms with Crippen molar-refractivity contribution in [2.45, 2.75) is 33.1 Å². The van der Waals surface area contributed by atoms with Gasteiger partial charge in [-0.3, -0.25) is 4.79 Å². The van der Waals surface area contributed by atoms with Gasteiger partial charge in [0, 0.05) is 0 Å². The van der Waals surface area contributed by atoms with Gasteiger partial charge >= 0.3 is 5.97 Å². The third kappa shape index (κ3) is 3.60. The third-order valence-corrected chi connectivity index (χ3v) is 1.91. The van der Waals surface area contributed by atoms with Gasteiger partial charge in [-0.2, -0.15) is 0 Å². The maximum atomic E-state index is 10.7. The van der Waals surface area contributed by atoms with Gasteiger partial charge < -0.3 is 5.11 Å². The average Bonchev–Trinajstić information content (AvgIpc) is 2.23. The first-order valence-corrected chi connectivity index (χ1v) is 5.03. The highest BCUT2D eigenvalue weighted by Gasteiger charge is 2.16. The molecular formula is C12H18O2. The number of aliphatic carboxylic acids is 1. The van der Waals surface area contributed by atoms with Crippen LogP contribution in [0, 0.1) is 0 Å². The van der Waals surface area contributed by atoms with Gasteiger partial charge in [-0.15, -0.1) is 0 Å². The molecule has 2 nitrogen and oxygen atoms in total. The molecule has 0 saturated heterocycles. The number of benzene rings is 1. The lowest BCUT2D eigenvalue weighted by molar-refractivity contribution is -0.138. The highest BCUT2D eigenvalue weighted by molar-refractivity contribution is 5.75. The molecule has 1 atom stereocenters. The van der Waals surface area contributed by atoms with Crippen LogP contribution < -0.4 is 0 Å². The Hall–Kier alpha value is -1.31. The van der Waals surface area contributed by atoms with Gasteiger partial charge in [0.05, 0.1) is 5.92 Å². The van der Waals surface area contributed by atoms with Crippen molar-refractivity contribution in [1.29, 1.82) is 0 Å². The lowest BCUT2D eigenvalue weighted by atomic mass is 9.97. The molecule has 1 unspecified atom stereocenters. The summed E-state index contributed by atoms with van der Waals surface area (Å²) in [4.78, 5) is 10.7. The smallest absolute Gasteiger partial charge is 0.310 e. The predicted molar refractivity (Wildman–Crippen MR) is 58.5 cm³/mol. The summed E-state index contributed by atoms with van der Waals surface area (Å²) in [6, 6.07) is 9.31. The van der Waals surface area contributed by atoms with Crippen molar-refractivity contribution < 1.29 is 9.90 Å². The Morgan fingerprint density at radius 2 is 1.79 bits per heavy atom. The fourth-order valence-electron chi connectivity index (χ4n) is 1.24. The van der Waals surface area contributed by atoms with Crippen LogP contribution in [0.3, 0.4) is 0 Å². The Morgan fingerprint density at radius 1 is 1.29 bits per heavy atom. The molecule has 0 amide bonds. The van der Waals surface area contributed by atoms with Crippen LogP contribution in [-0.4, -0.2) is 11.1 Å². The summed E-state index contributed by atoms with van der Waals surface area (Å²) in [6.45, 7) is 5.88. The van der Waals surface area contributed by atoms with Gasteiger partial charge in [0.15, 0.2) is 0 Å². The lowest BCUT2D eigenvalue weighted by Crippen LogP contribution is -2.09. The zero-order chi connectivity index (χ0) is 11.0.